The normalized spacial score (nSPS) is 10.4. The van der Waals surface area contributed by atoms with Crippen LogP contribution in [-0.4, -0.2) is 18.5 Å². The maximum atomic E-state index is 12.3. The van der Waals surface area contributed by atoms with Gasteiger partial charge in [-0.05, 0) is 60.7 Å². The Balaban J connectivity index is 1.60. The van der Waals surface area contributed by atoms with E-state index in [1.165, 1.54) is 0 Å². The van der Waals surface area contributed by atoms with E-state index in [4.69, 9.17) is 4.74 Å². The van der Waals surface area contributed by atoms with Crippen LogP contribution in [0.5, 0.6) is 0 Å². The number of rotatable bonds is 6. The predicted octanol–water partition coefficient (Wildman–Crippen LogP) is 4.69. The van der Waals surface area contributed by atoms with E-state index in [0.717, 1.165) is 27.9 Å². The van der Waals surface area contributed by atoms with E-state index < -0.39 is 5.97 Å². The van der Waals surface area contributed by atoms with E-state index in [0.29, 0.717) is 12.0 Å². The van der Waals surface area contributed by atoms with Crippen LogP contribution in [-0.2, 0) is 16.0 Å². The van der Waals surface area contributed by atoms with Crippen LogP contribution in [0.1, 0.15) is 32.6 Å². The number of nitrogens with one attached hydrogen (secondary N) is 1. The fourth-order valence-electron chi connectivity index (χ4n) is 2.88. The van der Waals surface area contributed by atoms with Crippen LogP contribution in [0.4, 0.5) is 5.69 Å². The van der Waals surface area contributed by atoms with Gasteiger partial charge in [-0.3, -0.25) is 4.79 Å². The molecule has 142 valence electrons. The van der Waals surface area contributed by atoms with Gasteiger partial charge in [0.15, 0.2) is 6.61 Å². The van der Waals surface area contributed by atoms with Crippen molar-refractivity contribution in [1.82, 2.24) is 0 Å². The van der Waals surface area contributed by atoms with E-state index in [9.17, 15) is 9.59 Å². The van der Waals surface area contributed by atoms with Gasteiger partial charge in [-0.2, -0.15) is 0 Å². The Labute approximate surface area is 165 Å². The lowest BCUT2D eigenvalue weighted by molar-refractivity contribution is -0.119. The second kappa shape index (κ2) is 9.00. The first-order valence-corrected chi connectivity index (χ1v) is 9.19. The molecule has 3 rings (SSSR count). The Kier molecular flexibility index (Phi) is 6.22. The van der Waals surface area contributed by atoms with Crippen molar-refractivity contribution in [2.75, 3.05) is 11.9 Å². The number of aryl methyl sites for hydroxylation is 2. The van der Waals surface area contributed by atoms with Gasteiger partial charge in [0.2, 0.25) is 0 Å². The Morgan fingerprint density at radius 3 is 2.32 bits per heavy atom. The lowest BCUT2D eigenvalue weighted by atomic mass is 10.0. The van der Waals surface area contributed by atoms with Gasteiger partial charge >= 0.3 is 5.97 Å². The van der Waals surface area contributed by atoms with E-state index in [2.05, 4.69) is 5.32 Å². The second-order valence-corrected chi connectivity index (χ2v) is 6.74. The van der Waals surface area contributed by atoms with Gasteiger partial charge in [-0.1, -0.05) is 54.6 Å². The molecular weight excluding hydrogens is 350 g/mol. The minimum Gasteiger partial charge on any atom is -0.452 e. The topological polar surface area (TPSA) is 55.4 Å². The number of esters is 1. The number of ether oxygens (including phenoxy) is 1. The number of carbonyl (C=O) groups excluding carboxylic acids is 2. The van der Waals surface area contributed by atoms with Crippen molar-refractivity contribution in [2.24, 2.45) is 0 Å². The van der Waals surface area contributed by atoms with Crippen LogP contribution in [0.25, 0.3) is 0 Å². The fraction of sp³-hybridized carbons (Fsp3) is 0.167. The van der Waals surface area contributed by atoms with Crippen LogP contribution in [0.2, 0.25) is 0 Å². The van der Waals surface area contributed by atoms with Gasteiger partial charge in [0.1, 0.15) is 0 Å². The Morgan fingerprint density at radius 1 is 0.857 bits per heavy atom. The summed E-state index contributed by atoms with van der Waals surface area (Å²) in [5.74, 6) is -0.867. The van der Waals surface area contributed by atoms with Crippen molar-refractivity contribution in [2.45, 2.75) is 20.3 Å². The molecule has 1 amide bonds. The van der Waals surface area contributed by atoms with Crippen LogP contribution < -0.4 is 5.32 Å². The minimum absolute atomic E-state index is 0.328. The molecule has 3 aromatic carbocycles. The standard InChI is InChI=1S/C24H23NO3/c1-17-12-13-21(14-18(17)2)24(27)28-16-23(26)25-22-11-7-6-10-20(22)15-19-8-4-3-5-9-19/h3-14H,15-16H2,1-2H3,(H,25,26). The smallest absolute Gasteiger partial charge is 0.338 e. The number of para-hydroxylation sites is 1. The molecule has 4 nitrogen and oxygen atoms in total. The quantitative estimate of drug-likeness (QED) is 0.638. The molecule has 0 aromatic heterocycles. The molecule has 0 heterocycles. The summed E-state index contributed by atoms with van der Waals surface area (Å²) < 4.78 is 5.16. The first-order chi connectivity index (χ1) is 13.5. The molecule has 0 radical (unpaired) electrons. The van der Waals surface area contributed by atoms with Gasteiger partial charge in [0.05, 0.1) is 5.56 Å². The number of hydrogen-bond donors (Lipinski definition) is 1. The zero-order valence-corrected chi connectivity index (χ0v) is 16.1. The summed E-state index contributed by atoms with van der Waals surface area (Å²) in [6.07, 6.45) is 0.708. The van der Waals surface area contributed by atoms with Crippen molar-refractivity contribution in [3.63, 3.8) is 0 Å². The maximum absolute atomic E-state index is 12.3. The SMILES string of the molecule is Cc1ccc(C(=O)OCC(=O)Nc2ccccc2Cc2ccccc2)cc1C. The van der Waals surface area contributed by atoms with E-state index in [1.54, 1.807) is 12.1 Å². The highest BCUT2D eigenvalue weighted by atomic mass is 16.5. The molecule has 3 aromatic rings. The molecule has 0 spiro atoms. The van der Waals surface area contributed by atoms with Crippen LogP contribution in [0.15, 0.2) is 72.8 Å². The Morgan fingerprint density at radius 2 is 1.57 bits per heavy atom. The number of amides is 1. The molecule has 0 fully saturated rings. The minimum atomic E-state index is -0.504. The van der Waals surface area contributed by atoms with Gasteiger partial charge in [-0.25, -0.2) is 4.79 Å². The lowest BCUT2D eigenvalue weighted by Gasteiger charge is -2.12. The predicted molar refractivity (Wildman–Crippen MR) is 111 cm³/mol. The number of benzene rings is 3. The average Bonchev–Trinajstić information content (AvgIpc) is 2.70. The molecular formula is C24H23NO3. The third-order valence-electron chi connectivity index (χ3n) is 4.61. The van der Waals surface area contributed by atoms with Crippen molar-refractivity contribution in [1.29, 1.82) is 0 Å². The molecule has 0 aliphatic carbocycles. The zero-order valence-electron chi connectivity index (χ0n) is 16.1. The summed E-state index contributed by atoms with van der Waals surface area (Å²) in [5.41, 5.74) is 5.44. The van der Waals surface area contributed by atoms with Crippen molar-refractivity contribution < 1.29 is 14.3 Å². The van der Waals surface area contributed by atoms with E-state index >= 15 is 0 Å². The van der Waals surface area contributed by atoms with Crippen molar-refractivity contribution in [3.05, 3.63) is 101 Å². The second-order valence-electron chi connectivity index (χ2n) is 6.74. The number of anilines is 1. The molecule has 0 bridgehead atoms. The molecule has 28 heavy (non-hydrogen) atoms. The molecule has 1 N–H and O–H groups in total. The van der Waals surface area contributed by atoms with E-state index in [-0.39, 0.29) is 12.5 Å². The van der Waals surface area contributed by atoms with Gasteiger partial charge in [0, 0.05) is 5.69 Å². The highest BCUT2D eigenvalue weighted by molar-refractivity contribution is 5.96. The molecule has 0 aliphatic heterocycles. The maximum Gasteiger partial charge on any atom is 0.338 e. The molecule has 4 heteroatoms. The van der Waals surface area contributed by atoms with E-state index in [1.807, 2.05) is 74.5 Å². The van der Waals surface area contributed by atoms with Crippen LogP contribution in [0.3, 0.4) is 0 Å². The summed E-state index contributed by atoms with van der Waals surface area (Å²) in [7, 11) is 0. The fourth-order valence-corrected chi connectivity index (χ4v) is 2.88. The summed E-state index contributed by atoms with van der Waals surface area (Å²) in [6.45, 7) is 3.58. The molecule has 0 saturated carbocycles. The largest absolute Gasteiger partial charge is 0.452 e. The first-order valence-electron chi connectivity index (χ1n) is 9.19. The number of hydrogen-bond acceptors (Lipinski definition) is 3. The molecule has 0 saturated heterocycles. The Hall–Kier alpha value is -3.40. The highest BCUT2D eigenvalue weighted by Crippen LogP contribution is 2.19. The summed E-state index contributed by atoms with van der Waals surface area (Å²) >= 11 is 0. The molecule has 0 aliphatic rings. The number of carbonyl (C=O) groups is 2. The van der Waals surface area contributed by atoms with Gasteiger partial charge < -0.3 is 10.1 Å². The zero-order chi connectivity index (χ0) is 19.9. The van der Waals surface area contributed by atoms with Crippen molar-refractivity contribution in [3.8, 4) is 0 Å². The monoisotopic (exact) mass is 373 g/mol. The van der Waals surface area contributed by atoms with Gasteiger partial charge in [-0.15, -0.1) is 0 Å². The summed E-state index contributed by atoms with van der Waals surface area (Å²) in [5, 5.41) is 2.84. The molecule has 0 unspecified atom stereocenters. The highest BCUT2D eigenvalue weighted by Gasteiger charge is 2.12. The molecule has 0 atom stereocenters. The van der Waals surface area contributed by atoms with Gasteiger partial charge in [0.25, 0.3) is 5.91 Å². The Bertz CT molecular complexity index is 980. The third-order valence-corrected chi connectivity index (χ3v) is 4.61. The van der Waals surface area contributed by atoms with Crippen LogP contribution >= 0.6 is 0 Å². The summed E-state index contributed by atoms with van der Waals surface area (Å²) in [6, 6.07) is 23.0. The van der Waals surface area contributed by atoms with Crippen molar-refractivity contribution >= 4 is 17.6 Å². The lowest BCUT2D eigenvalue weighted by Crippen LogP contribution is -2.21. The van der Waals surface area contributed by atoms with Crippen LogP contribution in [0, 0.1) is 13.8 Å². The summed E-state index contributed by atoms with van der Waals surface area (Å²) in [4.78, 5) is 24.5. The average molecular weight is 373 g/mol. The third kappa shape index (κ3) is 5.07. The first kappa shape index (κ1) is 19.4.